The monoisotopic (exact) mass is 401 g/mol. The molecule has 3 aliphatic carbocycles. The second kappa shape index (κ2) is 6.99. The minimum Gasteiger partial charge on any atom is -0.493 e. The van der Waals surface area contributed by atoms with E-state index < -0.39 is 23.7 Å². The van der Waals surface area contributed by atoms with Crippen LogP contribution in [0.25, 0.3) is 0 Å². The maximum absolute atomic E-state index is 14.9. The first-order valence-corrected chi connectivity index (χ1v) is 11.0. The van der Waals surface area contributed by atoms with E-state index in [1.807, 2.05) is 0 Å². The molecule has 1 amide bonds. The van der Waals surface area contributed by atoms with Crippen molar-refractivity contribution in [2.24, 2.45) is 11.3 Å². The second-order valence-electron chi connectivity index (χ2n) is 9.44. The van der Waals surface area contributed by atoms with Crippen molar-refractivity contribution in [2.75, 3.05) is 13.2 Å². The van der Waals surface area contributed by atoms with Gasteiger partial charge in [-0.3, -0.25) is 4.79 Å². The molecule has 1 aliphatic heterocycles. The number of fused-ring (bicyclic) bond motifs is 1. The third-order valence-electron chi connectivity index (χ3n) is 7.50. The summed E-state index contributed by atoms with van der Waals surface area (Å²) in [5, 5.41) is 9.36. The summed E-state index contributed by atoms with van der Waals surface area (Å²) in [4.78, 5) is 25.7. The maximum atomic E-state index is 14.9. The van der Waals surface area contributed by atoms with E-state index in [9.17, 15) is 19.1 Å². The lowest BCUT2D eigenvalue weighted by atomic mass is 9.89. The van der Waals surface area contributed by atoms with Gasteiger partial charge in [-0.05, 0) is 68.4 Å². The van der Waals surface area contributed by atoms with Crippen molar-refractivity contribution >= 4 is 11.9 Å². The van der Waals surface area contributed by atoms with Crippen LogP contribution in [0.15, 0.2) is 12.1 Å². The molecule has 4 fully saturated rings. The van der Waals surface area contributed by atoms with Crippen molar-refractivity contribution in [2.45, 2.75) is 69.7 Å². The standard InChI is InChI=1S/C23H28FNO4/c24-18-11-20(29-13-23-8-2-1-4-15(23)12-23)16(14-6-7-14)10-17(18)21(26)25-9-3-5-19(25)22(27)28/h10-11,14-15,19H,1-9,12-13H2,(H,27,28)/t15?,19-,23?/m0/s1. The molecule has 156 valence electrons. The molecule has 0 bridgehead atoms. The number of carbonyl (C=O) groups is 2. The molecule has 5 rings (SSSR count). The fraction of sp³-hybridized carbons (Fsp3) is 0.652. The van der Waals surface area contributed by atoms with Crippen LogP contribution in [0.2, 0.25) is 0 Å². The van der Waals surface area contributed by atoms with E-state index in [0.717, 1.165) is 24.3 Å². The number of carboxylic acids is 1. The van der Waals surface area contributed by atoms with Crippen molar-refractivity contribution in [3.8, 4) is 5.75 Å². The zero-order valence-electron chi connectivity index (χ0n) is 16.7. The number of benzene rings is 1. The zero-order valence-corrected chi connectivity index (χ0v) is 16.7. The number of amides is 1. The maximum Gasteiger partial charge on any atom is 0.326 e. The molecule has 0 spiro atoms. The topological polar surface area (TPSA) is 66.8 Å². The first-order chi connectivity index (χ1) is 14.0. The van der Waals surface area contributed by atoms with Gasteiger partial charge in [0.05, 0.1) is 12.2 Å². The van der Waals surface area contributed by atoms with Gasteiger partial charge in [0.15, 0.2) is 0 Å². The van der Waals surface area contributed by atoms with Crippen LogP contribution in [0.3, 0.4) is 0 Å². The molecular formula is C23H28FNO4. The lowest BCUT2D eigenvalue weighted by Gasteiger charge is -2.24. The summed E-state index contributed by atoms with van der Waals surface area (Å²) < 4.78 is 21.1. The highest BCUT2D eigenvalue weighted by molar-refractivity contribution is 5.97. The minimum atomic E-state index is -1.02. The molecule has 1 aromatic rings. The van der Waals surface area contributed by atoms with Gasteiger partial charge in [-0.2, -0.15) is 0 Å². The SMILES string of the molecule is O=C(O)[C@@H]1CCCN1C(=O)c1cc(C2CC2)c(OCC23CCCCC2C3)cc1F. The van der Waals surface area contributed by atoms with Crippen LogP contribution in [0, 0.1) is 17.2 Å². The van der Waals surface area contributed by atoms with Crippen LogP contribution in [-0.4, -0.2) is 41.1 Å². The zero-order chi connectivity index (χ0) is 20.2. The summed E-state index contributed by atoms with van der Waals surface area (Å²) in [5.41, 5.74) is 1.17. The predicted molar refractivity (Wildman–Crippen MR) is 105 cm³/mol. The molecule has 5 nitrogen and oxygen atoms in total. The molecule has 1 aromatic carbocycles. The third-order valence-corrected chi connectivity index (χ3v) is 7.50. The summed E-state index contributed by atoms with van der Waals surface area (Å²) >= 11 is 0. The molecule has 3 saturated carbocycles. The van der Waals surface area contributed by atoms with Gasteiger partial charge in [0, 0.05) is 18.0 Å². The molecule has 6 heteroatoms. The van der Waals surface area contributed by atoms with E-state index in [-0.39, 0.29) is 11.0 Å². The van der Waals surface area contributed by atoms with Gasteiger partial charge in [0.1, 0.15) is 17.6 Å². The predicted octanol–water partition coefficient (Wildman–Crippen LogP) is 4.35. The molecule has 1 heterocycles. The first kappa shape index (κ1) is 18.9. The Labute approximate surface area is 170 Å². The van der Waals surface area contributed by atoms with Crippen LogP contribution in [0.1, 0.15) is 79.6 Å². The fourth-order valence-electron chi connectivity index (χ4n) is 5.48. The Morgan fingerprint density at radius 2 is 2.00 bits per heavy atom. The first-order valence-electron chi connectivity index (χ1n) is 11.0. The molecule has 2 unspecified atom stereocenters. The van der Waals surface area contributed by atoms with Gasteiger partial charge in [-0.25, -0.2) is 9.18 Å². The summed E-state index contributed by atoms with van der Waals surface area (Å²) in [5.74, 6) is -0.514. The van der Waals surface area contributed by atoms with Crippen molar-refractivity contribution in [3.05, 3.63) is 29.1 Å². The Bertz CT molecular complexity index is 852. The van der Waals surface area contributed by atoms with Gasteiger partial charge >= 0.3 is 5.97 Å². The third kappa shape index (κ3) is 3.40. The van der Waals surface area contributed by atoms with Gasteiger partial charge in [0.2, 0.25) is 0 Å². The van der Waals surface area contributed by atoms with E-state index >= 15 is 0 Å². The molecule has 1 saturated heterocycles. The number of ether oxygens (including phenoxy) is 1. The average molecular weight is 401 g/mol. The summed E-state index contributed by atoms with van der Waals surface area (Å²) in [7, 11) is 0. The molecular weight excluding hydrogens is 373 g/mol. The summed E-state index contributed by atoms with van der Waals surface area (Å²) in [6, 6.07) is 2.13. The molecule has 0 radical (unpaired) electrons. The van der Waals surface area contributed by atoms with E-state index in [0.29, 0.717) is 37.7 Å². The smallest absolute Gasteiger partial charge is 0.326 e. The number of hydrogen-bond acceptors (Lipinski definition) is 3. The summed E-state index contributed by atoms with van der Waals surface area (Å²) in [6.07, 6.45) is 9.33. The second-order valence-corrected chi connectivity index (χ2v) is 9.44. The highest BCUT2D eigenvalue weighted by Gasteiger charge is 2.55. The number of halogens is 1. The van der Waals surface area contributed by atoms with E-state index in [1.54, 1.807) is 6.07 Å². The Kier molecular flexibility index (Phi) is 4.56. The number of likely N-dealkylation sites (tertiary alicyclic amines) is 1. The van der Waals surface area contributed by atoms with Crippen molar-refractivity contribution in [1.29, 1.82) is 0 Å². The summed E-state index contributed by atoms with van der Waals surface area (Å²) in [6.45, 7) is 0.994. The van der Waals surface area contributed by atoms with Crippen LogP contribution >= 0.6 is 0 Å². The van der Waals surface area contributed by atoms with Crippen LogP contribution < -0.4 is 4.74 Å². The number of carbonyl (C=O) groups excluding carboxylic acids is 1. The molecule has 0 aromatic heterocycles. The number of nitrogens with zero attached hydrogens (tertiary/aromatic N) is 1. The van der Waals surface area contributed by atoms with Crippen molar-refractivity contribution in [1.82, 2.24) is 4.90 Å². The van der Waals surface area contributed by atoms with Crippen molar-refractivity contribution < 1.29 is 23.8 Å². The molecule has 3 atom stereocenters. The quantitative estimate of drug-likeness (QED) is 0.770. The number of carboxylic acid groups (broad SMARTS) is 1. The number of rotatable bonds is 6. The lowest BCUT2D eigenvalue weighted by molar-refractivity contribution is -0.141. The highest BCUT2D eigenvalue weighted by Crippen LogP contribution is 2.61. The van der Waals surface area contributed by atoms with E-state index in [2.05, 4.69) is 0 Å². The minimum absolute atomic E-state index is 0.0208. The average Bonchev–Trinajstić information content (AvgIpc) is 3.61. The lowest BCUT2D eigenvalue weighted by Crippen LogP contribution is -2.40. The Morgan fingerprint density at radius 1 is 1.17 bits per heavy atom. The normalized spacial score (nSPS) is 30.7. The number of hydrogen-bond donors (Lipinski definition) is 1. The molecule has 1 N–H and O–H groups in total. The fourth-order valence-corrected chi connectivity index (χ4v) is 5.48. The van der Waals surface area contributed by atoms with Crippen LogP contribution in [-0.2, 0) is 4.79 Å². The number of aliphatic carboxylic acids is 1. The molecule has 29 heavy (non-hydrogen) atoms. The van der Waals surface area contributed by atoms with Gasteiger partial charge in [0.25, 0.3) is 5.91 Å². The van der Waals surface area contributed by atoms with E-state index in [4.69, 9.17) is 4.74 Å². The van der Waals surface area contributed by atoms with E-state index in [1.165, 1.54) is 43.1 Å². The highest BCUT2D eigenvalue weighted by atomic mass is 19.1. The van der Waals surface area contributed by atoms with Gasteiger partial charge < -0.3 is 14.7 Å². The van der Waals surface area contributed by atoms with Gasteiger partial charge in [-0.15, -0.1) is 0 Å². The Hall–Kier alpha value is -2.11. The van der Waals surface area contributed by atoms with Gasteiger partial charge in [-0.1, -0.05) is 12.8 Å². The van der Waals surface area contributed by atoms with Crippen LogP contribution in [0.4, 0.5) is 4.39 Å². The Morgan fingerprint density at radius 3 is 2.72 bits per heavy atom. The van der Waals surface area contributed by atoms with Crippen LogP contribution in [0.5, 0.6) is 5.75 Å². The Balaban J connectivity index is 1.38. The molecule has 4 aliphatic rings. The largest absolute Gasteiger partial charge is 0.493 e. The van der Waals surface area contributed by atoms with Crippen molar-refractivity contribution in [3.63, 3.8) is 0 Å².